The van der Waals surface area contributed by atoms with Crippen molar-refractivity contribution in [3.63, 3.8) is 0 Å². The lowest BCUT2D eigenvalue weighted by Gasteiger charge is -2.06. The second kappa shape index (κ2) is 5.58. The van der Waals surface area contributed by atoms with Gasteiger partial charge in [0.25, 0.3) is 0 Å². The molecule has 0 aliphatic rings. The van der Waals surface area contributed by atoms with Crippen molar-refractivity contribution in [1.29, 1.82) is 0 Å². The highest BCUT2D eigenvalue weighted by molar-refractivity contribution is 5.87. The second-order valence-electron chi connectivity index (χ2n) is 3.09. The molecular weight excluding hydrogens is 150 g/mol. The number of carbonyl (C=O) groups is 1. The summed E-state index contributed by atoms with van der Waals surface area (Å²) < 4.78 is 0. The predicted molar refractivity (Wildman–Crippen MR) is 51.8 cm³/mol. The second-order valence-corrected chi connectivity index (χ2v) is 3.09. The Morgan fingerprint density at radius 2 is 2.17 bits per heavy atom. The maximum atomic E-state index is 11.1. The van der Waals surface area contributed by atoms with Crippen molar-refractivity contribution in [3.05, 3.63) is 24.8 Å². The molecule has 12 heavy (non-hydrogen) atoms. The topological polar surface area (TPSA) is 20.3 Å². The lowest BCUT2D eigenvalue weighted by Crippen LogP contribution is -2.18. The van der Waals surface area contributed by atoms with Gasteiger partial charge in [-0.2, -0.15) is 0 Å². The fourth-order valence-electron chi connectivity index (χ4n) is 0.737. The van der Waals surface area contributed by atoms with E-state index < -0.39 is 0 Å². The maximum absolute atomic E-state index is 11.1. The van der Waals surface area contributed by atoms with Gasteiger partial charge in [-0.15, -0.1) is 6.58 Å². The predicted octanol–water partition coefficient (Wildman–Crippen LogP) is 1.84. The summed E-state index contributed by atoms with van der Waals surface area (Å²) in [6, 6.07) is 0. The van der Waals surface area contributed by atoms with Gasteiger partial charge in [0.05, 0.1) is 0 Å². The minimum Gasteiger partial charge on any atom is -0.345 e. The lowest BCUT2D eigenvalue weighted by molar-refractivity contribution is -0.123. The standard InChI is InChI=1S/C10H17NO/c1-5-6-9(2)7-8-10(12)11(3)4/h5,7-9H,1,6H2,2-4H3/b8-7+. The Labute approximate surface area is 74.6 Å². The third kappa shape index (κ3) is 4.72. The molecule has 1 amide bonds. The van der Waals surface area contributed by atoms with Gasteiger partial charge in [0.2, 0.25) is 5.91 Å². The highest BCUT2D eigenvalue weighted by Crippen LogP contribution is 2.03. The van der Waals surface area contributed by atoms with Crippen molar-refractivity contribution in [2.75, 3.05) is 14.1 Å². The molecule has 0 N–H and O–H groups in total. The monoisotopic (exact) mass is 167 g/mol. The minimum atomic E-state index is 0.0333. The summed E-state index contributed by atoms with van der Waals surface area (Å²) in [5, 5.41) is 0. The van der Waals surface area contributed by atoms with Crippen LogP contribution in [-0.4, -0.2) is 24.9 Å². The Morgan fingerprint density at radius 1 is 1.58 bits per heavy atom. The van der Waals surface area contributed by atoms with Gasteiger partial charge >= 0.3 is 0 Å². The summed E-state index contributed by atoms with van der Waals surface area (Å²) in [6.45, 7) is 5.69. The summed E-state index contributed by atoms with van der Waals surface area (Å²) in [5.41, 5.74) is 0. The molecule has 0 saturated heterocycles. The van der Waals surface area contributed by atoms with Crippen LogP contribution in [0.15, 0.2) is 24.8 Å². The summed E-state index contributed by atoms with van der Waals surface area (Å²) in [7, 11) is 3.48. The Hall–Kier alpha value is -1.05. The van der Waals surface area contributed by atoms with Gasteiger partial charge in [-0.3, -0.25) is 4.79 Å². The molecule has 1 atom stereocenters. The Morgan fingerprint density at radius 3 is 2.58 bits per heavy atom. The van der Waals surface area contributed by atoms with E-state index in [4.69, 9.17) is 0 Å². The fraction of sp³-hybridized carbons (Fsp3) is 0.500. The first-order valence-corrected chi connectivity index (χ1v) is 4.08. The average molecular weight is 167 g/mol. The zero-order valence-corrected chi connectivity index (χ0v) is 8.08. The third-order valence-electron chi connectivity index (χ3n) is 1.55. The number of amides is 1. The number of rotatable bonds is 4. The van der Waals surface area contributed by atoms with Crippen molar-refractivity contribution in [3.8, 4) is 0 Å². The van der Waals surface area contributed by atoms with E-state index in [0.29, 0.717) is 5.92 Å². The first kappa shape index (κ1) is 11.0. The number of hydrogen-bond acceptors (Lipinski definition) is 1. The van der Waals surface area contributed by atoms with Gasteiger partial charge in [0.15, 0.2) is 0 Å². The largest absolute Gasteiger partial charge is 0.345 e. The average Bonchev–Trinajstić information content (AvgIpc) is 2.00. The van der Waals surface area contributed by atoms with Gasteiger partial charge in [0.1, 0.15) is 0 Å². The molecule has 68 valence electrons. The fourth-order valence-corrected chi connectivity index (χ4v) is 0.737. The molecule has 0 radical (unpaired) electrons. The highest BCUT2D eigenvalue weighted by atomic mass is 16.2. The molecule has 0 aromatic heterocycles. The highest BCUT2D eigenvalue weighted by Gasteiger charge is 1.98. The van der Waals surface area contributed by atoms with Gasteiger partial charge in [-0.1, -0.05) is 19.1 Å². The SMILES string of the molecule is C=CCC(C)/C=C/C(=O)N(C)C. The molecule has 0 aliphatic carbocycles. The van der Waals surface area contributed by atoms with Crippen molar-refractivity contribution < 1.29 is 4.79 Å². The molecule has 0 aromatic carbocycles. The molecule has 0 spiro atoms. The molecule has 2 nitrogen and oxygen atoms in total. The van der Waals surface area contributed by atoms with E-state index in [1.54, 1.807) is 25.1 Å². The van der Waals surface area contributed by atoms with Crippen LogP contribution in [-0.2, 0) is 4.79 Å². The van der Waals surface area contributed by atoms with Crippen LogP contribution in [0.2, 0.25) is 0 Å². The third-order valence-corrected chi connectivity index (χ3v) is 1.55. The van der Waals surface area contributed by atoms with Crippen LogP contribution < -0.4 is 0 Å². The zero-order chi connectivity index (χ0) is 9.56. The first-order valence-electron chi connectivity index (χ1n) is 4.08. The molecule has 0 bridgehead atoms. The molecule has 0 heterocycles. The lowest BCUT2D eigenvalue weighted by atomic mass is 10.1. The van der Waals surface area contributed by atoms with E-state index in [1.165, 1.54) is 0 Å². The van der Waals surface area contributed by atoms with Crippen LogP contribution in [0, 0.1) is 5.92 Å². The molecule has 0 aromatic rings. The van der Waals surface area contributed by atoms with Crippen LogP contribution in [0.1, 0.15) is 13.3 Å². The molecule has 0 rings (SSSR count). The van der Waals surface area contributed by atoms with Crippen LogP contribution in [0.5, 0.6) is 0 Å². The van der Waals surface area contributed by atoms with Gasteiger partial charge in [-0.05, 0) is 18.4 Å². The molecular formula is C10H17NO. The summed E-state index contributed by atoms with van der Waals surface area (Å²) in [6.07, 6.45) is 6.28. The minimum absolute atomic E-state index is 0.0333. The number of carbonyl (C=O) groups excluding carboxylic acids is 1. The van der Waals surface area contributed by atoms with Crippen molar-refractivity contribution in [2.45, 2.75) is 13.3 Å². The van der Waals surface area contributed by atoms with E-state index >= 15 is 0 Å². The van der Waals surface area contributed by atoms with Crippen LogP contribution in [0.3, 0.4) is 0 Å². The van der Waals surface area contributed by atoms with Crippen molar-refractivity contribution in [2.24, 2.45) is 5.92 Å². The van der Waals surface area contributed by atoms with E-state index in [1.807, 2.05) is 12.2 Å². The van der Waals surface area contributed by atoms with Gasteiger partial charge in [-0.25, -0.2) is 0 Å². The molecule has 2 heteroatoms. The molecule has 0 saturated carbocycles. The Kier molecular flexibility index (Phi) is 5.09. The van der Waals surface area contributed by atoms with Crippen molar-refractivity contribution >= 4 is 5.91 Å². The maximum Gasteiger partial charge on any atom is 0.245 e. The Balaban J connectivity index is 3.88. The van der Waals surface area contributed by atoms with Crippen LogP contribution >= 0.6 is 0 Å². The molecule has 0 aliphatic heterocycles. The number of nitrogens with zero attached hydrogens (tertiary/aromatic N) is 1. The van der Waals surface area contributed by atoms with Crippen LogP contribution in [0.4, 0.5) is 0 Å². The quantitative estimate of drug-likeness (QED) is 0.462. The molecule has 0 fully saturated rings. The number of hydrogen-bond donors (Lipinski definition) is 0. The summed E-state index contributed by atoms with van der Waals surface area (Å²) >= 11 is 0. The van der Waals surface area contributed by atoms with Crippen LogP contribution in [0.25, 0.3) is 0 Å². The Bertz CT molecular complexity index is 182. The smallest absolute Gasteiger partial charge is 0.245 e. The number of likely N-dealkylation sites (N-methyl/N-ethyl adjacent to an activating group) is 1. The zero-order valence-electron chi connectivity index (χ0n) is 8.08. The van der Waals surface area contributed by atoms with Crippen molar-refractivity contribution in [1.82, 2.24) is 4.90 Å². The van der Waals surface area contributed by atoms with E-state index in [2.05, 4.69) is 13.5 Å². The van der Waals surface area contributed by atoms with E-state index in [0.717, 1.165) is 6.42 Å². The molecule has 1 unspecified atom stereocenters. The first-order chi connectivity index (χ1) is 5.57. The van der Waals surface area contributed by atoms with Gasteiger partial charge in [0, 0.05) is 14.1 Å². The normalized spacial score (nSPS) is 12.9. The number of allylic oxidation sites excluding steroid dienone is 2. The summed E-state index contributed by atoms with van der Waals surface area (Å²) in [5.74, 6) is 0.428. The van der Waals surface area contributed by atoms with Gasteiger partial charge < -0.3 is 4.90 Å². The van der Waals surface area contributed by atoms with E-state index in [9.17, 15) is 4.79 Å². The summed E-state index contributed by atoms with van der Waals surface area (Å²) in [4.78, 5) is 12.6. The van der Waals surface area contributed by atoms with E-state index in [-0.39, 0.29) is 5.91 Å².